The number of β-amino-alcohol motifs (C(OH)–C–C–N with tert-alkyl or cyclic N) is 1. The lowest BCUT2D eigenvalue weighted by atomic mass is 9.94. The van der Waals surface area contributed by atoms with Gasteiger partial charge in [-0.05, 0) is 49.9 Å². The normalized spacial score (nSPS) is 12.6. The van der Waals surface area contributed by atoms with Crippen molar-refractivity contribution >= 4 is 5.91 Å². The Bertz CT molecular complexity index is 729. The van der Waals surface area contributed by atoms with Gasteiger partial charge < -0.3 is 20.9 Å². The highest BCUT2D eigenvalue weighted by Gasteiger charge is 2.20. The fraction of sp³-hybridized carbons (Fsp3) is 0.381. The zero-order valence-electron chi connectivity index (χ0n) is 15.7. The third-order valence-corrected chi connectivity index (χ3v) is 4.53. The summed E-state index contributed by atoms with van der Waals surface area (Å²) in [7, 11) is 1.48. The summed E-state index contributed by atoms with van der Waals surface area (Å²) in [6.07, 6.45) is 1.17. The van der Waals surface area contributed by atoms with E-state index in [9.17, 15) is 9.90 Å². The zero-order valence-corrected chi connectivity index (χ0v) is 15.7. The Morgan fingerprint density at radius 1 is 1.23 bits per heavy atom. The molecular formula is C21H28N2O3. The van der Waals surface area contributed by atoms with Gasteiger partial charge in [-0.25, -0.2) is 0 Å². The largest absolute Gasteiger partial charge is 0.496 e. The van der Waals surface area contributed by atoms with Crippen molar-refractivity contribution in [3.63, 3.8) is 0 Å². The first-order chi connectivity index (χ1) is 12.3. The van der Waals surface area contributed by atoms with Crippen LogP contribution in [0, 0.1) is 0 Å². The van der Waals surface area contributed by atoms with Crippen molar-refractivity contribution in [2.75, 3.05) is 13.7 Å². The molecule has 1 amide bonds. The Kier molecular flexibility index (Phi) is 6.77. The predicted molar refractivity (Wildman–Crippen MR) is 103 cm³/mol. The van der Waals surface area contributed by atoms with Crippen molar-refractivity contribution in [3.05, 3.63) is 65.2 Å². The zero-order chi connectivity index (χ0) is 19.2. The van der Waals surface area contributed by atoms with E-state index in [1.54, 1.807) is 18.2 Å². The van der Waals surface area contributed by atoms with Gasteiger partial charge in [0.25, 0.3) is 5.91 Å². The molecule has 1 atom stereocenters. The highest BCUT2D eigenvalue weighted by Crippen LogP contribution is 2.23. The lowest BCUT2D eigenvalue weighted by Crippen LogP contribution is -2.42. The summed E-state index contributed by atoms with van der Waals surface area (Å²) in [6.45, 7) is 4.61. The van der Waals surface area contributed by atoms with E-state index < -0.39 is 12.0 Å². The number of nitrogens with two attached hydrogens (primary N) is 1. The number of methoxy groups -OCH3 is 1. The summed E-state index contributed by atoms with van der Waals surface area (Å²) in [5.41, 5.74) is 7.45. The first kappa shape index (κ1) is 19.9. The van der Waals surface area contributed by atoms with Crippen molar-refractivity contribution in [1.82, 2.24) is 5.32 Å². The highest BCUT2D eigenvalue weighted by molar-refractivity contribution is 5.95. The van der Waals surface area contributed by atoms with E-state index in [0.717, 1.165) is 12.8 Å². The molecule has 0 bridgehead atoms. The van der Waals surface area contributed by atoms with Gasteiger partial charge in [0.15, 0.2) is 0 Å². The monoisotopic (exact) mass is 356 g/mol. The van der Waals surface area contributed by atoms with Gasteiger partial charge in [0.2, 0.25) is 0 Å². The molecule has 5 heteroatoms. The molecule has 0 saturated heterocycles. The molecule has 2 aromatic rings. The number of amides is 1. The van der Waals surface area contributed by atoms with Gasteiger partial charge in [-0.1, -0.05) is 36.4 Å². The minimum Gasteiger partial charge on any atom is -0.496 e. The van der Waals surface area contributed by atoms with Crippen LogP contribution in [-0.4, -0.2) is 30.2 Å². The van der Waals surface area contributed by atoms with Crippen LogP contribution >= 0.6 is 0 Å². The molecule has 0 spiro atoms. The van der Waals surface area contributed by atoms with Crippen LogP contribution in [-0.2, 0) is 6.42 Å². The van der Waals surface area contributed by atoms with E-state index in [4.69, 9.17) is 10.5 Å². The molecule has 0 radical (unpaired) electrons. The number of primary amides is 1. The second-order valence-corrected chi connectivity index (χ2v) is 7.09. The molecule has 2 aromatic carbocycles. The SMILES string of the molecule is COc1ccc(C(O)CNC(C)(C)CCc2ccccc2)cc1C(N)=O. The number of rotatable bonds is 9. The number of nitrogens with one attached hydrogen (secondary N) is 1. The van der Waals surface area contributed by atoms with Crippen LogP contribution in [0.2, 0.25) is 0 Å². The van der Waals surface area contributed by atoms with Gasteiger partial charge in [0, 0.05) is 12.1 Å². The summed E-state index contributed by atoms with van der Waals surface area (Å²) in [5.74, 6) is -0.170. The number of carbonyl (C=O) groups excluding carboxylic acids is 1. The molecule has 0 aliphatic heterocycles. The van der Waals surface area contributed by atoms with E-state index >= 15 is 0 Å². The minimum absolute atomic E-state index is 0.129. The first-order valence-corrected chi connectivity index (χ1v) is 8.77. The molecule has 1 unspecified atom stereocenters. The van der Waals surface area contributed by atoms with E-state index in [-0.39, 0.29) is 11.1 Å². The second kappa shape index (κ2) is 8.83. The highest BCUT2D eigenvalue weighted by atomic mass is 16.5. The number of aryl methyl sites for hydroxylation is 1. The lowest BCUT2D eigenvalue weighted by molar-refractivity contribution is 0.0997. The van der Waals surface area contributed by atoms with Crippen LogP contribution in [0.5, 0.6) is 5.75 Å². The maximum atomic E-state index is 11.5. The Balaban J connectivity index is 1.95. The number of ether oxygens (including phenoxy) is 1. The average Bonchev–Trinajstić information content (AvgIpc) is 2.65. The Morgan fingerprint density at radius 3 is 2.54 bits per heavy atom. The maximum absolute atomic E-state index is 11.5. The topological polar surface area (TPSA) is 84.6 Å². The Hall–Kier alpha value is -2.37. The van der Waals surface area contributed by atoms with Crippen LogP contribution in [0.3, 0.4) is 0 Å². The smallest absolute Gasteiger partial charge is 0.252 e. The lowest BCUT2D eigenvalue weighted by Gasteiger charge is -2.28. The molecule has 0 fully saturated rings. The molecule has 5 nitrogen and oxygen atoms in total. The summed E-state index contributed by atoms with van der Waals surface area (Å²) in [6, 6.07) is 15.3. The predicted octanol–water partition coefficient (Wildman–Crippen LogP) is 2.83. The summed E-state index contributed by atoms with van der Waals surface area (Å²) >= 11 is 0. The molecule has 4 N–H and O–H groups in total. The van der Waals surface area contributed by atoms with Crippen LogP contribution < -0.4 is 15.8 Å². The van der Waals surface area contributed by atoms with Crippen molar-refractivity contribution in [1.29, 1.82) is 0 Å². The first-order valence-electron chi connectivity index (χ1n) is 8.77. The van der Waals surface area contributed by atoms with Crippen molar-refractivity contribution < 1.29 is 14.6 Å². The van der Waals surface area contributed by atoms with Gasteiger partial charge in [0.05, 0.1) is 18.8 Å². The molecule has 2 rings (SSSR count). The molecule has 0 heterocycles. The number of carbonyl (C=O) groups is 1. The fourth-order valence-corrected chi connectivity index (χ4v) is 2.81. The molecule has 140 valence electrons. The van der Waals surface area contributed by atoms with Gasteiger partial charge >= 0.3 is 0 Å². The van der Waals surface area contributed by atoms with Gasteiger partial charge in [-0.15, -0.1) is 0 Å². The van der Waals surface area contributed by atoms with Crippen LogP contribution in [0.25, 0.3) is 0 Å². The number of hydrogen-bond donors (Lipinski definition) is 3. The van der Waals surface area contributed by atoms with E-state index in [0.29, 0.717) is 17.9 Å². The second-order valence-electron chi connectivity index (χ2n) is 7.09. The van der Waals surface area contributed by atoms with Gasteiger partial charge in [-0.3, -0.25) is 4.79 Å². The molecule has 0 saturated carbocycles. The number of benzene rings is 2. The third kappa shape index (κ3) is 5.58. The van der Waals surface area contributed by atoms with Crippen molar-refractivity contribution in [2.24, 2.45) is 5.73 Å². The maximum Gasteiger partial charge on any atom is 0.252 e. The van der Waals surface area contributed by atoms with Crippen LogP contribution in [0.4, 0.5) is 0 Å². The number of aliphatic hydroxyl groups is 1. The Morgan fingerprint density at radius 2 is 1.92 bits per heavy atom. The van der Waals surface area contributed by atoms with Gasteiger partial charge in [0.1, 0.15) is 5.75 Å². The molecule has 0 aromatic heterocycles. The summed E-state index contributed by atoms with van der Waals surface area (Å²) in [4.78, 5) is 11.5. The number of aliphatic hydroxyl groups excluding tert-OH is 1. The van der Waals surface area contributed by atoms with Crippen LogP contribution in [0.15, 0.2) is 48.5 Å². The average molecular weight is 356 g/mol. The summed E-state index contributed by atoms with van der Waals surface area (Å²) in [5, 5.41) is 13.9. The van der Waals surface area contributed by atoms with Crippen LogP contribution in [0.1, 0.15) is 47.9 Å². The minimum atomic E-state index is -0.741. The third-order valence-electron chi connectivity index (χ3n) is 4.53. The van der Waals surface area contributed by atoms with Crippen molar-refractivity contribution in [2.45, 2.75) is 38.3 Å². The van der Waals surface area contributed by atoms with Crippen molar-refractivity contribution in [3.8, 4) is 5.75 Å². The van der Waals surface area contributed by atoms with E-state index in [2.05, 4.69) is 31.3 Å². The molecule has 26 heavy (non-hydrogen) atoms. The molecular weight excluding hydrogens is 328 g/mol. The molecule has 0 aliphatic carbocycles. The summed E-state index contributed by atoms with van der Waals surface area (Å²) < 4.78 is 5.13. The Labute approximate surface area is 155 Å². The molecule has 0 aliphatic rings. The fourth-order valence-electron chi connectivity index (χ4n) is 2.81. The van der Waals surface area contributed by atoms with E-state index in [1.807, 2.05) is 18.2 Å². The number of hydrogen-bond acceptors (Lipinski definition) is 4. The van der Waals surface area contributed by atoms with E-state index in [1.165, 1.54) is 12.7 Å². The van der Waals surface area contributed by atoms with Gasteiger partial charge in [-0.2, -0.15) is 0 Å². The standard InChI is InChI=1S/C21H28N2O3/c1-21(2,12-11-15-7-5-4-6-8-15)23-14-18(24)16-9-10-19(26-3)17(13-16)20(22)25/h4-10,13,18,23-24H,11-12,14H2,1-3H3,(H2,22,25). The quantitative estimate of drug-likeness (QED) is 0.645.